The average Bonchev–Trinajstić information content (AvgIpc) is 3.26. The van der Waals surface area contributed by atoms with Crippen LogP contribution in [0.1, 0.15) is 31.2 Å². The molecule has 0 atom stereocenters. The Balaban J connectivity index is 1.92. The number of sulfone groups is 1. The molecule has 1 saturated carbocycles. The maximum Gasteiger partial charge on any atom is 0.279 e. The van der Waals surface area contributed by atoms with Crippen LogP contribution in [-0.2, 0) is 26.5 Å². The van der Waals surface area contributed by atoms with E-state index in [-0.39, 0.29) is 21.7 Å². The summed E-state index contributed by atoms with van der Waals surface area (Å²) in [6.07, 6.45) is 6.61. The van der Waals surface area contributed by atoms with Crippen LogP contribution in [0.2, 0.25) is 5.02 Å². The minimum atomic E-state index is -3.48. The number of oxime groups is 1. The van der Waals surface area contributed by atoms with E-state index < -0.39 is 15.7 Å². The van der Waals surface area contributed by atoms with Crippen molar-refractivity contribution < 1.29 is 18.0 Å². The van der Waals surface area contributed by atoms with Gasteiger partial charge in [-0.3, -0.25) is 9.48 Å². The van der Waals surface area contributed by atoms with Gasteiger partial charge >= 0.3 is 0 Å². The molecule has 1 heterocycles. The Hall–Kier alpha value is -2.39. The van der Waals surface area contributed by atoms with Crippen LogP contribution in [-0.4, -0.2) is 42.2 Å². The van der Waals surface area contributed by atoms with Crippen LogP contribution in [0.4, 0.5) is 5.82 Å². The van der Waals surface area contributed by atoms with Crippen molar-refractivity contribution in [2.75, 3.05) is 11.6 Å². The van der Waals surface area contributed by atoms with E-state index in [0.29, 0.717) is 11.4 Å². The van der Waals surface area contributed by atoms with Crippen LogP contribution in [0.15, 0.2) is 40.5 Å². The first kappa shape index (κ1) is 20.3. The largest absolute Gasteiger partial charge is 0.392 e. The second kappa shape index (κ2) is 8.32. The summed E-state index contributed by atoms with van der Waals surface area (Å²) >= 11 is 6.13. The zero-order valence-electron chi connectivity index (χ0n) is 15.6. The van der Waals surface area contributed by atoms with Crippen LogP contribution in [0.25, 0.3) is 0 Å². The number of carbonyl (C=O) groups excluding carboxylic acids is 1. The third-order valence-corrected chi connectivity index (χ3v) is 5.95. The highest BCUT2D eigenvalue weighted by Crippen LogP contribution is 2.24. The number of rotatable bonds is 6. The molecule has 1 aromatic heterocycles. The summed E-state index contributed by atoms with van der Waals surface area (Å²) in [6.45, 7) is 0. The minimum Gasteiger partial charge on any atom is -0.392 e. The van der Waals surface area contributed by atoms with Crippen molar-refractivity contribution in [2.24, 2.45) is 12.2 Å². The number of nitrogens with zero attached hydrogens (tertiary/aromatic N) is 3. The zero-order valence-corrected chi connectivity index (χ0v) is 17.1. The number of benzene rings is 1. The highest BCUT2D eigenvalue weighted by molar-refractivity contribution is 7.90. The van der Waals surface area contributed by atoms with E-state index >= 15 is 0 Å². The van der Waals surface area contributed by atoms with Gasteiger partial charge in [0.2, 0.25) is 0 Å². The Morgan fingerprint density at radius 1 is 1.32 bits per heavy atom. The quantitative estimate of drug-likeness (QED) is 0.567. The number of anilines is 1. The number of carbonyl (C=O) groups is 1. The highest BCUT2D eigenvalue weighted by Gasteiger charge is 2.22. The molecule has 0 unspecified atom stereocenters. The fourth-order valence-corrected chi connectivity index (χ4v) is 4.28. The lowest BCUT2D eigenvalue weighted by Crippen LogP contribution is -2.25. The van der Waals surface area contributed by atoms with E-state index in [1.54, 1.807) is 24.0 Å². The van der Waals surface area contributed by atoms with Crippen LogP contribution in [0.3, 0.4) is 0 Å². The molecule has 0 radical (unpaired) electrons. The van der Waals surface area contributed by atoms with Crippen LogP contribution in [0.5, 0.6) is 0 Å². The lowest BCUT2D eigenvalue weighted by atomic mass is 10.1. The fourth-order valence-electron chi connectivity index (χ4n) is 2.95. The van der Waals surface area contributed by atoms with E-state index in [2.05, 4.69) is 15.6 Å². The average molecular weight is 425 g/mol. The molecule has 8 nitrogen and oxygen atoms in total. The third-order valence-electron chi connectivity index (χ3n) is 4.37. The molecule has 10 heteroatoms. The predicted octanol–water partition coefficient (Wildman–Crippen LogP) is 2.78. The summed E-state index contributed by atoms with van der Waals surface area (Å²) in [7, 11) is -1.75. The first-order valence-electron chi connectivity index (χ1n) is 8.79. The topological polar surface area (TPSA) is 103 Å². The molecule has 0 bridgehead atoms. The van der Waals surface area contributed by atoms with Crippen LogP contribution < -0.4 is 5.32 Å². The molecule has 1 amide bonds. The number of aromatic nitrogens is 2. The number of amides is 1. The maximum atomic E-state index is 12.8. The second-order valence-electron chi connectivity index (χ2n) is 6.70. The molecule has 1 aromatic carbocycles. The van der Waals surface area contributed by atoms with Gasteiger partial charge < -0.3 is 10.2 Å². The molecule has 28 heavy (non-hydrogen) atoms. The molecular formula is C18H21ClN4O4S. The smallest absolute Gasteiger partial charge is 0.279 e. The van der Waals surface area contributed by atoms with E-state index in [9.17, 15) is 13.2 Å². The standard InChI is InChI=1S/C18H21ClN4O4S/c1-23-10-9-16(21-23)20-18(24)17(22-27-13-5-3-4-6-13)12-7-8-15(14(19)11-12)28(2,25)26/h7-11,13H,3-6H2,1-2H3,(H,20,21,24)/b22-17+. The Morgan fingerprint density at radius 3 is 2.61 bits per heavy atom. The van der Waals surface area contributed by atoms with Gasteiger partial charge in [0.1, 0.15) is 6.10 Å². The van der Waals surface area contributed by atoms with Crippen molar-refractivity contribution in [3.8, 4) is 0 Å². The summed E-state index contributed by atoms with van der Waals surface area (Å²) in [5.41, 5.74) is 0.350. The Labute approximate surface area is 168 Å². The fraction of sp³-hybridized carbons (Fsp3) is 0.389. The lowest BCUT2D eigenvalue weighted by molar-refractivity contribution is -0.110. The van der Waals surface area contributed by atoms with Gasteiger partial charge in [0.15, 0.2) is 21.4 Å². The van der Waals surface area contributed by atoms with Crippen molar-refractivity contribution >= 4 is 38.9 Å². The molecule has 150 valence electrons. The lowest BCUT2D eigenvalue weighted by Gasteiger charge is -2.11. The first-order chi connectivity index (χ1) is 13.2. The Bertz CT molecular complexity index is 1010. The summed E-state index contributed by atoms with van der Waals surface area (Å²) in [5.74, 6) is -0.167. The molecular weight excluding hydrogens is 404 g/mol. The van der Waals surface area contributed by atoms with Crippen LogP contribution in [0, 0.1) is 0 Å². The summed E-state index contributed by atoms with van der Waals surface area (Å²) in [5, 5.41) is 10.9. The van der Waals surface area contributed by atoms with Gasteiger partial charge in [-0.25, -0.2) is 8.42 Å². The van der Waals surface area contributed by atoms with Gasteiger partial charge in [-0.15, -0.1) is 0 Å². The summed E-state index contributed by atoms with van der Waals surface area (Å²) in [4.78, 5) is 18.3. The monoisotopic (exact) mass is 424 g/mol. The molecule has 1 aliphatic rings. The van der Waals surface area contributed by atoms with Crippen molar-refractivity contribution in [1.82, 2.24) is 9.78 Å². The van der Waals surface area contributed by atoms with Crippen molar-refractivity contribution in [3.63, 3.8) is 0 Å². The number of hydrogen-bond acceptors (Lipinski definition) is 6. The van der Waals surface area contributed by atoms with E-state index in [0.717, 1.165) is 31.9 Å². The predicted molar refractivity (Wildman–Crippen MR) is 106 cm³/mol. The van der Waals surface area contributed by atoms with Crippen molar-refractivity contribution in [3.05, 3.63) is 41.0 Å². The second-order valence-corrected chi connectivity index (χ2v) is 9.09. The Morgan fingerprint density at radius 2 is 2.04 bits per heavy atom. The van der Waals surface area contributed by atoms with Crippen LogP contribution >= 0.6 is 11.6 Å². The molecule has 1 fully saturated rings. The molecule has 1 aliphatic carbocycles. The zero-order chi connectivity index (χ0) is 20.3. The van der Waals surface area contributed by atoms with Gasteiger partial charge in [0.05, 0.1) is 9.92 Å². The van der Waals surface area contributed by atoms with Gasteiger partial charge in [-0.1, -0.05) is 22.8 Å². The van der Waals surface area contributed by atoms with E-state index in [1.165, 1.54) is 18.2 Å². The maximum absolute atomic E-state index is 12.8. The Kier molecular flexibility index (Phi) is 6.04. The molecule has 0 aliphatic heterocycles. The van der Waals surface area contributed by atoms with E-state index in [4.69, 9.17) is 16.4 Å². The van der Waals surface area contributed by atoms with Crippen molar-refractivity contribution in [2.45, 2.75) is 36.7 Å². The molecule has 2 aromatic rings. The first-order valence-corrected chi connectivity index (χ1v) is 11.1. The van der Waals surface area contributed by atoms with Gasteiger partial charge in [0, 0.05) is 31.1 Å². The van der Waals surface area contributed by atoms with Gasteiger partial charge in [-0.05, 0) is 37.8 Å². The van der Waals surface area contributed by atoms with Gasteiger partial charge in [0.25, 0.3) is 5.91 Å². The molecule has 0 spiro atoms. The molecule has 3 rings (SSSR count). The van der Waals surface area contributed by atoms with Gasteiger partial charge in [-0.2, -0.15) is 5.10 Å². The SMILES string of the molecule is Cn1ccc(NC(=O)/C(=N/OC2CCCC2)c2ccc(S(C)(=O)=O)c(Cl)c2)n1. The number of halogens is 1. The van der Waals surface area contributed by atoms with Crippen molar-refractivity contribution in [1.29, 1.82) is 0 Å². The minimum absolute atomic E-state index is 0.000459. The summed E-state index contributed by atoms with van der Waals surface area (Å²) < 4.78 is 25.1. The van der Waals surface area contributed by atoms with E-state index in [1.807, 2.05) is 0 Å². The summed E-state index contributed by atoms with van der Waals surface area (Å²) in [6, 6.07) is 5.88. The molecule has 1 N–H and O–H groups in total. The molecule has 0 saturated heterocycles. The third kappa shape index (κ3) is 4.90. The number of hydrogen-bond donors (Lipinski definition) is 1. The highest BCUT2D eigenvalue weighted by atomic mass is 35.5. The number of nitrogens with one attached hydrogen (secondary N) is 1. The number of aryl methyl sites for hydroxylation is 1. The normalized spacial score (nSPS) is 15.6.